The summed E-state index contributed by atoms with van der Waals surface area (Å²) in [5.74, 6) is 0.840. The lowest BCUT2D eigenvalue weighted by Crippen LogP contribution is -2.48. The van der Waals surface area contributed by atoms with E-state index in [2.05, 4.69) is 10.6 Å². The summed E-state index contributed by atoms with van der Waals surface area (Å²) in [5, 5.41) is 6.36. The van der Waals surface area contributed by atoms with Gasteiger partial charge in [-0.2, -0.15) is 0 Å². The Morgan fingerprint density at radius 3 is 2.77 bits per heavy atom. The van der Waals surface area contributed by atoms with Crippen molar-refractivity contribution in [2.45, 2.75) is 31.7 Å². The van der Waals surface area contributed by atoms with Crippen molar-refractivity contribution in [1.29, 1.82) is 0 Å². The van der Waals surface area contributed by atoms with Gasteiger partial charge in [-0.05, 0) is 37.9 Å². The Balaban J connectivity index is 0.00000243. The van der Waals surface area contributed by atoms with Gasteiger partial charge in [-0.3, -0.25) is 9.59 Å². The number of hydrogen-bond acceptors (Lipinski definition) is 4. The van der Waals surface area contributed by atoms with Gasteiger partial charge >= 0.3 is 0 Å². The van der Waals surface area contributed by atoms with E-state index in [0.29, 0.717) is 19.6 Å². The monoisotopic (exact) mass is 381 g/mol. The minimum atomic E-state index is -0.0895. The highest BCUT2D eigenvalue weighted by molar-refractivity contribution is 5.85. The molecule has 3 rings (SSSR count). The van der Waals surface area contributed by atoms with Gasteiger partial charge in [0.25, 0.3) is 0 Å². The summed E-state index contributed by atoms with van der Waals surface area (Å²) >= 11 is 0. The van der Waals surface area contributed by atoms with Gasteiger partial charge in [0, 0.05) is 25.7 Å². The molecule has 144 valence electrons. The van der Waals surface area contributed by atoms with E-state index in [-0.39, 0.29) is 36.2 Å². The summed E-state index contributed by atoms with van der Waals surface area (Å²) in [4.78, 5) is 26.6. The van der Waals surface area contributed by atoms with Crippen LogP contribution in [0.2, 0.25) is 0 Å². The number of rotatable bonds is 6. The predicted molar refractivity (Wildman–Crippen MR) is 103 cm³/mol. The van der Waals surface area contributed by atoms with Crippen LogP contribution in [-0.4, -0.2) is 55.5 Å². The molecule has 2 unspecified atom stereocenters. The number of piperidine rings is 1. The van der Waals surface area contributed by atoms with Crippen molar-refractivity contribution in [2.24, 2.45) is 5.92 Å². The van der Waals surface area contributed by atoms with Crippen molar-refractivity contribution in [3.63, 3.8) is 0 Å². The summed E-state index contributed by atoms with van der Waals surface area (Å²) in [6.07, 6.45) is 3.07. The molecule has 7 heteroatoms. The molecule has 1 aromatic carbocycles. The summed E-state index contributed by atoms with van der Waals surface area (Å²) in [5.41, 5.74) is 0. The van der Waals surface area contributed by atoms with Crippen LogP contribution in [0.5, 0.6) is 5.75 Å². The molecule has 0 aromatic heterocycles. The number of amides is 2. The van der Waals surface area contributed by atoms with Crippen LogP contribution in [0.15, 0.2) is 30.3 Å². The van der Waals surface area contributed by atoms with Crippen LogP contribution in [0.25, 0.3) is 0 Å². The van der Waals surface area contributed by atoms with E-state index in [9.17, 15) is 9.59 Å². The van der Waals surface area contributed by atoms with Crippen LogP contribution in [0, 0.1) is 5.92 Å². The molecule has 1 aromatic rings. The molecule has 0 radical (unpaired) electrons. The fraction of sp³-hybridized carbons (Fsp3) is 0.579. The topological polar surface area (TPSA) is 70.7 Å². The minimum absolute atomic E-state index is 0. The summed E-state index contributed by atoms with van der Waals surface area (Å²) in [6.45, 7) is 3.43. The van der Waals surface area contributed by atoms with Gasteiger partial charge in [0.05, 0.1) is 18.9 Å². The van der Waals surface area contributed by atoms with E-state index in [1.54, 1.807) is 0 Å². The lowest BCUT2D eigenvalue weighted by Gasteiger charge is -2.32. The van der Waals surface area contributed by atoms with Crippen LogP contribution < -0.4 is 15.4 Å². The van der Waals surface area contributed by atoms with E-state index in [1.165, 1.54) is 0 Å². The number of benzene rings is 1. The molecular weight excluding hydrogens is 354 g/mol. The molecule has 2 fully saturated rings. The first-order chi connectivity index (χ1) is 12.2. The number of likely N-dealkylation sites (tertiary alicyclic amines) is 1. The molecule has 26 heavy (non-hydrogen) atoms. The van der Waals surface area contributed by atoms with Crippen LogP contribution in [-0.2, 0) is 9.59 Å². The molecule has 2 aliphatic rings. The van der Waals surface area contributed by atoms with E-state index in [4.69, 9.17) is 4.74 Å². The smallest absolute Gasteiger partial charge is 0.226 e. The molecule has 2 atom stereocenters. The fourth-order valence-electron chi connectivity index (χ4n) is 3.45. The number of carbonyl (C=O) groups excluding carboxylic acids is 2. The Kier molecular flexibility index (Phi) is 8.19. The Hall–Kier alpha value is -1.79. The molecule has 6 nitrogen and oxygen atoms in total. The Morgan fingerprint density at radius 2 is 2.04 bits per heavy atom. The first-order valence-corrected chi connectivity index (χ1v) is 9.19. The van der Waals surface area contributed by atoms with Crippen molar-refractivity contribution >= 4 is 24.2 Å². The Bertz CT molecular complexity index is 579. The van der Waals surface area contributed by atoms with Crippen molar-refractivity contribution in [3.8, 4) is 5.75 Å². The van der Waals surface area contributed by atoms with Crippen molar-refractivity contribution in [3.05, 3.63) is 30.3 Å². The minimum Gasteiger partial charge on any atom is -0.493 e. The zero-order valence-electron chi connectivity index (χ0n) is 15.0. The average Bonchev–Trinajstić information content (AvgIpc) is 3.15. The van der Waals surface area contributed by atoms with Gasteiger partial charge in [-0.15, -0.1) is 12.4 Å². The van der Waals surface area contributed by atoms with E-state index in [1.807, 2.05) is 35.2 Å². The van der Waals surface area contributed by atoms with Crippen LogP contribution in [0.1, 0.15) is 25.7 Å². The average molecular weight is 382 g/mol. The maximum Gasteiger partial charge on any atom is 0.226 e. The standard InChI is InChI=1S/C19H27N3O3.ClH/c23-18(9-12-25-17-6-2-1-3-7-17)22-11-4-5-15(14-22)19(24)21-16-8-10-20-13-16;/h1-3,6-7,15-16,20H,4-5,8-14H2,(H,21,24);1H. The lowest BCUT2D eigenvalue weighted by molar-refractivity contribution is -0.136. The fourth-order valence-corrected chi connectivity index (χ4v) is 3.45. The molecule has 2 aliphatic heterocycles. The third-order valence-electron chi connectivity index (χ3n) is 4.88. The Labute approximate surface area is 161 Å². The number of nitrogens with one attached hydrogen (secondary N) is 2. The summed E-state index contributed by atoms with van der Waals surface area (Å²) < 4.78 is 5.60. The molecule has 0 bridgehead atoms. The van der Waals surface area contributed by atoms with E-state index >= 15 is 0 Å². The molecular formula is C19H28ClN3O3. The molecule has 0 spiro atoms. The maximum absolute atomic E-state index is 12.4. The quantitative estimate of drug-likeness (QED) is 0.785. The molecule has 2 saturated heterocycles. The molecule has 0 aliphatic carbocycles. The van der Waals surface area contributed by atoms with Crippen LogP contribution >= 0.6 is 12.4 Å². The summed E-state index contributed by atoms with van der Waals surface area (Å²) in [6, 6.07) is 9.74. The molecule has 0 saturated carbocycles. The second-order valence-electron chi connectivity index (χ2n) is 6.79. The van der Waals surface area contributed by atoms with Gasteiger partial charge in [0.2, 0.25) is 11.8 Å². The highest BCUT2D eigenvalue weighted by atomic mass is 35.5. The number of halogens is 1. The second kappa shape index (κ2) is 10.4. The second-order valence-corrected chi connectivity index (χ2v) is 6.79. The number of nitrogens with zero attached hydrogens (tertiary/aromatic N) is 1. The molecule has 2 heterocycles. The number of para-hydroxylation sites is 1. The summed E-state index contributed by atoms with van der Waals surface area (Å²) in [7, 11) is 0. The lowest BCUT2D eigenvalue weighted by atomic mass is 9.96. The molecule has 2 N–H and O–H groups in total. The van der Waals surface area contributed by atoms with Crippen molar-refractivity contribution < 1.29 is 14.3 Å². The van der Waals surface area contributed by atoms with Gasteiger partial charge in [-0.25, -0.2) is 0 Å². The highest BCUT2D eigenvalue weighted by Crippen LogP contribution is 2.18. The highest BCUT2D eigenvalue weighted by Gasteiger charge is 2.29. The van der Waals surface area contributed by atoms with Crippen molar-refractivity contribution in [2.75, 3.05) is 32.8 Å². The number of ether oxygens (including phenoxy) is 1. The zero-order chi connectivity index (χ0) is 17.5. The van der Waals surface area contributed by atoms with Crippen molar-refractivity contribution in [1.82, 2.24) is 15.5 Å². The molecule has 2 amide bonds. The van der Waals surface area contributed by atoms with Gasteiger partial charge in [-0.1, -0.05) is 18.2 Å². The zero-order valence-corrected chi connectivity index (χ0v) is 15.8. The number of carbonyl (C=O) groups is 2. The van der Waals surface area contributed by atoms with Gasteiger partial charge in [0.15, 0.2) is 0 Å². The Morgan fingerprint density at radius 1 is 1.23 bits per heavy atom. The largest absolute Gasteiger partial charge is 0.493 e. The first-order valence-electron chi connectivity index (χ1n) is 9.19. The normalized spacial score (nSPS) is 22.4. The number of hydrogen-bond donors (Lipinski definition) is 2. The first kappa shape index (κ1) is 20.5. The van der Waals surface area contributed by atoms with Crippen LogP contribution in [0.4, 0.5) is 0 Å². The third kappa shape index (κ3) is 5.88. The van der Waals surface area contributed by atoms with Gasteiger partial charge in [0.1, 0.15) is 5.75 Å². The predicted octanol–water partition coefficient (Wildman–Crippen LogP) is 1.59. The van der Waals surface area contributed by atoms with Crippen LogP contribution in [0.3, 0.4) is 0 Å². The van der Waals surface area contributed by atoms with E-state index < -0.39 is 0 Å². The van der Waals surface area contributed by atoms with E-state index in [0.717, 1.165) is 44.6 Å². The third-order valence-corrected chi connectivity index (χ3v) is 4.88. The van der Waals surface area contributed by atoms with Gasteiger partial charge < -0.3 is 20.3 Å². The SMILES string of the molecule is Cl.O=C(NC1CCNC1)C1CCCN(C(=O)CCOc2ccccc2)C1. The maximum atomic E-state index is 12.4.